The van der Waals surface area contributed by atoms with E-state index in [0.717, 1.165) is 0 Å². The molecule has 0 heterocycles. The van der Waals surface area contributed by atoms with Gasteiger partial charge in [0.15, 0.2) is 0 Å². The molecule has 3 nitrogen and oxygen atoms in total. The lowest BCUT2D eigenvalue weighted by atomic mass is 10.2. The van der Waals surface area contributed by atoms with Gasteiger partial charge in [0.1, 0.15) is 5.75 Å². The molecule has 1 aromatic rings. The summed E-state index contributed by atoms with van der Waals surface area (Å²) in [7, 11) is 1.53. The minimum atomic E-state index is -0.565. The van der Waals surface area contributed by atoms with E-state index >= 15 is 0 Å². The van der Waals surface area contributed by atoms with Gasteiger partial charge in [0, 0.05) is 10.9 Å². The molecule has 0 aliphatic heterocycles. The van der Waals surface area contributed by atoms with Crippen molar-refractivity contribution in [3.05, 3.63) is 28.8 Å². The number of rotatable bonds is 2. The number of ether oxygens (including phenoxy) is 2. The van der Waals surface area contributed by atoms with E-state index in [4.69, 9.17) is 16.3 Å². The molecule has 1 aromatic carbocycles. The van der Waals surface area contributed by atoms with E-state index in [9.17, 15) is 4.79 Å². The number of esters is 1. The zero-order chi connectivity index (χ0) is 12.0. The summed E-state index contributed by atoms with van der Waals surface area (Å²) in [5.74, 6) is 5.01. The number of hydrogen-bond acceptors (Lipinski definition) is 3. The zero-order valence-corrected chi connectivity index (χ0v) is 9.80. The van der Waals surface area contributed by atoms with Crippen molar-refractivity contribution in [2.24, 2.45) is 0 Å². The predicted octanol–water partition coefficient (Wildman–Crippen LogP) is 2.26. The summed E-state index contributed by atoms with van der Waals surface area (Å²) < 4.78 is 9.76. The van der Waals surface area contributed by atoms with Gasteiger partial charge < -0.3 is 9.47 Å². The van der Waals surface area contributed by atoms with Crippen LogP contribution < -0.4 is 4.74 Å². The number of methoxy groups -OCH3 is 1. The van der Waals surface area contributed by atoms with Crippen LogP contribution in [0.2, 0.25) is 5.02 Å². The molecule has 0 aliphatic rings. The van der Waals surface area contributed by atoms with Gasteiger partial charge >= 0.3 is 5.97 Å². The molecule has 0 bridgehead atoms. The molecular weight excluding hydrogens is 228 g/mol. The number of benzene rings is 1. The van der Waals surface area contributed by atoms with Crippen LogP contribution in [-0.4, -0.2) is 19.7 Å². The van der Waals surface area contributed by atoms with E-state index in [1.807, 2.05) is 0 Å². The summed E-state index contributed by atoms with van der Waals surface area (Å²) >= 11 is 5.81. The highest BCUT2D eigenvalue weighted by Crippen LogP contribution is 2.21. The quantitative estimate of drug-likeness (QED) is 0.586. The van der Waals surface area contributed by atoms with Crippen LogP contribution in [0.3, 0.4) is 0 Å². The van der Waals surface area contributed by atoms with Crippen LogP contribution >= 0.6 is 11.6 Å². The molecule has 0 radical (unpaired) electrons. The Balaban J connectivity index is 2.94. The van der Waals surface area contributed by atoms with Gasteiger partial charge in [0.2, 0.25) is 0 Å². The second kappa shape index (κ2) is 6.04. The van der Waals surface area contributed by atoms with Crippen LogP contribution in [-0.2, 0) is 9.53 Å². The van der Waals surface area contributed by atoms with Gasteiger partial charge in [-0.3, -0.25) is 0 Å². The molecule has 84 valence electrons. The molecule has 4 heteroatoms. The average molecular weight is 239 g/mol. The molecule has 0 spiro atoms. The fraction of sp³-hybridized carbons (Fsp3) is 0.250. The van der Waals surface area contributed by atoms with E-state index in [1.54, 1.807) is 25.1 Å². The fourth-order valence-corrected chi connectivity index (χ4v) is 1.24. The van der Waals surface area contributed by atoms with Crippen molar-refractivity contribution in [1.29, 1.82) is 0 Å². The zero-order valence-electron chi connectivity index (χ0n) is 9.04. The Hall–Kier alpha value is -1.66. The second-order valence-electron chi connectivity index (χ2n) is 2.82. The molecule has 1 rings (SSSR count). The van der Waals surface area contributed by atoms with Crippen molar-refractivity contribution in [2.75, 3.05) is 13.7 Å². The molecule has 0 N–H and O–H groups in total. The summed E-state index contributed by atoms with van der Waals surface area (Å²) in [6, 6.07) is 5.01. The van der Waals surface area contributed by atoms with Crippen LogP contribution in [0.5, 0.6) is 5.75 Å². The summed E-state index contributed by atoms with van der Waals surface area (Å²) in [6.45, 7) is 2.03. The molecule has 0 fully saturated rings. The topological polar surface area (TPSA) is 35.5 Å². The highest BCUT2D eigenvalue weighted by atomic mass is 35.5. The summed E-state index contributed by atoms with van der Waals surface area (Å²) in [6.07, 6.45) is 0. The number of carbonyl (C=O) groups is 1. The molecule has 0 atom stereocenters. The van der Waals surface area contributed by atoms with Gasteiger partial charge in [0.25, 0.3) is 0 Å². The van der Waals surface area contributed by atoms with Crippen LogP contribution in [0.4, 0.5) is 0 Å². The lowest BCUT2D eigenvalue weighted by Crippen LogP contribution is -1.99. The van der Waals surface area contributed by atoms with Crippen LogP contribution in [0, 0.1) is 11.8 Å². The SMILES string of the molecule is CCOC(=O)C#Cc1cc(Cl)ccc1OC. The molecule has 0 saturated heterocycles. The van der Waals surface area contributed by atoms with Crippen LogP contribution in [0.25, 0.3) is 0 Å². The number of carbonyl (C=O) groups excluding carboxylic acids is 1. The van der Waals surface area contributed by atoms with Gasteiger partial charge in [-0.25, -0.2) is 4.79 Å². The van der Waals surface area contributed by atoms with Gasteiger partial charge in [-0.1, -0.05) is 17.5 Å². The standard InChI is InChI=1S/C12H11ClO3/c1-3-16-12(14)7-4-9-8-10(13)5-6-11(9)15-2/h5-6,8H,3H2,1-2H3. The first kappa shape index (κ1) is 12.4. The minimum absolute atomic E-state index is 0.306. The van der Waals surface area contributed by atoms with E-state index < -0.39 is 5.97 Å². The van der Waals surface area contributed by atoms with Gasteiger partial charge in [-0.15, -0.1) is 0 Å². The first-order valence-electron chi connectivity index (χ1n) is 4.69. The Morgan fingerprint density at radius 3 is 2.88 bits per heavy atom. The first-order valence-corrected chi connectivity index (χ1v) is 5.07. The monoisotopic (exact) mass is 238 g/mol. The van der Waals surface area contributed by atoms with Crippen molar-refractivity contribution in [2.45, 2.75) is 6.92 Å². The smallest absolute Gasteiger partial charge is 0.384 e. The van der Waals surface area contributed by atoms with Crippen LogP contribution in [0.15, 0.2) is 18.2 Å². The Kier molecular flexibility index (Phi) is 4.68. The highest BCUT2D eigenvalue weighted by Gasteiger charge is 2.01. The predicted molar refractivity (Wildman–Crippen MR) is 61.5 cm³/mol. The summed E-state index contributed by atoms with van der Waals surface area (Å²) in [5.41, 5.74) is 0.558. The largest absolute Gasteiger partial charge is 0.495 e. The van der Waals surface area contributed by atoms with Crippen molar-refractivity contribution in [1.82, 2.24) is 0 Å². The van der Waals surface area contributed by atoms with E-state index in [2.05, 4.69) is 16.6 Å². The second-order valence-corrected chi connectivity index (χ2v) is 3.25. The lowest BCUT2D eigenvalue weighted by Gasteiger charge is -2.02. The minimum Gasteiger partial charge on any atom is -0.495 e. The Morgan fingerprint density at radius 1 is 1.50 bits per heavy atom. The Morgan fingerprint density at radius 2 is 2.25 bits per heavy atom. The van der Waals surface area contributed by atoms with E-state index in [-0.39, 0.29) is 0 Å². The highest BCUT2D eigenvalue weighted by molar-refractivity contribution is 6.30. The third kappa shape index (κ3) is 3.48. The lowest BCUT2D eigenvalue weighted by molar-refractivity contribution is -0.136. The van der Waals surface area contributed by atoms with Crippen molar-refractivity contribution in [3.8, 4) is 17.6 Å². The molecule has 0 amide bonds. The molecule has 0 saturated carbocycles. The maximum Gasteiger partial charge on any atom is 0.384 e. The van der Waals surface area contributed by atoms with Crippen molar-refractivity contribution in [3.63, 3.8) is 0 Å². The summed E-state index contributed by atoms with van der Waals surface area (Å²) in [5, 5.41) is 0.536. The molecule has 0 aliphatic carbocycles. The maximum absolute atomic E-state index is 11.0. The number of halogens is 1. The first-order chi connectivity index (χ1) is 7.67. The van der Waals surface area contributed by atoms with Crippen LogP contribution in [0.1, 0.15) is 12.5 Å². The van der Waals surface area contributed by atoms with Gasteiger partial charge in [0.05, 0.1) is 19.3 Å². The normalized spacial score (nSPS) is 8.94. The van der Waals surface area contributed by atoms with E-state index in [1.165, 1.54) is 7.11 Å². The maximum atomic E-state index is 11.0. The van der Waals surface area contributed by atoms with Gasteiger partial charge in [-0.05, 0) is 25.1 Å². The molecule has 0 aromatic heterocycles. The fourth-order valence-electron chi connectivity index (χ4n) is 1.06. The third-order valence-electron chi connectivity index (χ3n) is 1.74. The number of hydrogen-bond donors (Lipinski definition) is 0. The van der Waals surface area contributed by atoms with Gasteiger partial charge in [-0.2, -0.15) is 0 Å². The van der Waals surface area contributed by atoms with Crippen molar-refractivity contribution >= 4 is 17.6 Å². The van der Waals surface area contributed by atoms with E-state index in [0.29, 0.717) is 22.9 Å². The molecule has 0 unspecified atom stereocenters. The van der Waals surface area contributed by atoms with Crippen molar-refractivity contribution < 1.29 is 14.3 Å². The molecular formula is C12H11ClO3. The Bertz CT molecular complexity index is 443. The Labute approximate surface area is 99.3 Å². The third-order valence-corrected chi connectivity index (χ3v) is 1.97. The molecule has 16 heavy (non-hydrogen) atoms. The average Bonchev–Trinajstić information content (AvgIpc) is 2.27. The summed E-state index contributed by atoms with van der Waals surface area (Å²) in [4.78, 5) is 11.0.